The van der Waals surface area contributed by atoms with Crippen molar-refractivity contribution in [2.45, 2.75) is 70.1 Å². The molecular weight excluding hydrogens is 442 g/mol. The molecule has 2 amide bonds. The highest BCUT2D eigenvalue weighted by Crippen LogP contribution is 2.60. The predicted molar refractivity (Wildman–Crippen MR) is 120 cm³/mol. The van der Waals surface area contributed by atoms with Gasteiger partial charge in [0.25, 0.3) is 5.91 Å². The van der Waals surface area contributed by atoms with Crippen molar-refractivity contribution < 1.29 is 24.2 Å². The molecule has 2 N–H and O–H groups in total. The first kappa shape index (κ1) is 22.4. The summed E-state index contributed by atoms with van der Waals surface area (Å²) in [7, 11) is 0. The van der Waals surface area contributed by atoms with Gasteiger partial charge in [0, 0.05) is 13.0 Å². The quantitative estimate of drug-likeness (QED) is 0.637. The third kappa shape index (κ3) is 4.04. The normalized spacial score (nSPS) is 35.2. The monoisotopic (exact) mass is 471 g/mol. The number of aliphatic hydroxyl groups is 1. The van der Waals surface area contributed by atoms with Gasteiger partial charge in [-0.15, -0.1) is 11.3 Å². The fourth-order valence-corrected chi connectivity index (χ4v) is 7.69. The second-order valence-corrected chi connectivity index (χ2v) is 11.3. The molecule has 33 heavy (non-hydrogen) atoms. The molecule has 176 valence electrons. The lowest BCUT2D eigenvalue weighted by atomic mass is 9.49. The Morgan fingerprint density at radius 1 is 1.21 bits per heavy atom. The van der Waals surface area contributed by atoms with E-state index in [0.29, 0.717) is 28.3 Å². The zero-order chi connectivity index (χ0) is 23.3. The average Bonchev–Trinajstić information content (AvgIpc) is 3.38. The van der Waals surface area contributed by atoms with Gasteiger partial charge in [-0.25, -0.2) is 4.79 Å². The summed E-state index contributed by atoms with van der Waals surface area (Å²) >= 11 is 1.21. The minimum atomic E-state index is -1.10. The van der Waals surface area contributed by atoms with Crippen molar-refractivity contribution in [3.05, 3.63) is 17.0 Å². The van der Waals surface area contributed by atoms with Crippen LogP contribution in [-0.2, 0) is 19.1 Å². The molecule has 2 heterocycles. The molecule has 0 radical (unpaired) electrons. The van der Waals surface area contributed by atoms with Gasteiger partial charge in [-0.1, -0.05) is 0 Å². The second kappa shape index (κ2) is 8.41. The van der Waals surface area contributed by atoms with Crippen LogP contribution in [0.2, 0.25) is 0 Å². The van der Waals surface area contributed by atoms with Crippen LogP contribution in [0.1, 0.15) is 57.4 Å². The molecule has 1 aromatic heterocycles. The Kier molecular flexibility index (Phi) is 5.69. The van der Waals surface area contributed by atoms with Gasteiger partial charge in [-0.2, -0.15) is 5.26 Å². The highest BCUT2D eigenvalue weighted by molar-refractivity contribution is 7.14. The van der Waals surface area contributed by atoms with Crippen molar-refractivity contribution in [1.29, 1.82) is 5.26 Å². The Morgan fingerprint density at radius 3 is 2.45 bits per heavy atom. The lowest BCUT2D eigenvalue weighted by Crippen LogP contribution is -2.56. The molecule has 0 spiro atoms. The van der Waals surface area contributed by atoms with Gasteiger partial charge in [0.2, 0.25) is 5.91 Å². The first-order valence-corrected chi connectivity index (χ1v) is 12.6. The van der Waals surface area contributed by atoms with Crippen LogP contribution in [0, 0.1) is 34.5 Å². The van der Waals surface area contributed by atoms with Gasteiger partial charge in [-0.3, -0.25) is 9.59 Å². The molecule has 1 aromatic rings. The van der Waals surface area contributed by atoms with E-state index in [9.17, 15) is 19.5 Å². The van der Waals surface area contributed by atoms with E-state index in [4.69, 9.17) is 10.00 Å². The summed E-state index contributed by atoms with van der Waals surface area (Å²) in [6, 6.07) is 2.72. The number of aliphatic hydroxyl groups excluding tert-OH is 1. The van der Waals surface area contributed by atoms with E-state index >= 15 is 0 Å². The fraction of sp³-hybridized carbons (Fsp3) is 0.667. The van der Waals surface area contributed by atoms with Gasteiger partial charge in [0.15, 0.2) is 6.10 Å². The van der Waals surface area contributed by atoms with Crippen molar-refractivity contribution in [1.82, 2.24) is 4.90 Å². The number of anilines is 1. The number of nitriles is 1. The highest BCUT2D eigenvalue weighted by Gasteiger charge is 2.57. The molecule has 1 aliphatic heterocycles. The minimum Gasteiger partial charge on any atom is -0.451 e. The van der Waals surface area contributed by atoms with E-state index in [-0.39, 0.29) is 18.9 Å². The smallest absolute Gasteiger partial charge is 0.329 e. The lowest BCUT2D eigenvalue weighted by Gasteiger charge is -2.56. The molecule has 1 saturated heterocycles. The summed E-state index contributed by atoms with van der Waals surface area (Å²) in [6.07, 6.45) is 4.53. The second-order valence-electron chi connectivity index (χ2n) is 10.4. The van der Waals surface area contributed by atoms with Gasteiger partial charge >= 0.3 is 5.97 Å². The molecule has 9 heteroatoms. The predicted octanol–water partition coefficient (Wildman–Crippen LogP) is 2.67. The molecule has 5 aliphatic rings. The van der Waals surface area contributed by atoms with E-state index in [0.717, 1.165) is 19.3 Å². The van der Waals surface area contributed by atoms with Crippen molar-refractivity contribution >= 4 is 34.1 Å². The first-order valence-electron chi connectivity index (χ1n) is 11.8. The number of nitrogens with zero attached hydrogens (tertiary/aromatic N) is 2. The average molecular weight is 472 g/mol. The number of nitrogens with one attached hydrogen (secondary N) is 1. The van der Waals surface area contributed by atoms with Crippen LogP contribution in [0.25, 0.3) is 0 Å². The van der Waals surface area contributed by atoms with Gasteiger partial charge in [0.1, 0.15) is 17.1 Å². The summed E-state index contributed by atoms with van der Waals surface area (Å²) < 4.78 is 5.43. The maximum absolute atomic E-state index is 13.8. The Morgan fingerprint density at radius 2 is 1.85 bits per heavy atom. The van der Waals surface area contributed by atoms with Crippen LogP contribution in [0.4, 0.5) is 5.00 Å². The lowest BCUT2D eigenvalue weighted by molar-refractivity contribution is -0.168. The molecule has 4 bridgehead atoms. The Labute approximate surface area is 196 Å². The van der Waals surface area contributed by atoms with E-state index in [2.05, 4.69) is 5.32 Å². The Hall–Kier alpha value is -2.44. The number of esters is 1. The fourth-order valence-electron chi connectivity index (χ4n) is 6.95. The maximum atomic E-state index is 13.8. The molecule has 6 rings (SSSR count). The standard InChI is InChI=1S/C24H29N3O5S/c1-13(20(29)26-21-17(11-25)2-3-33-21)32-22(30)19-7-18(28)12-27(19)23(31)24-8-14-4-15(9-24)6-16(5-14)10-24/h2-3,13-16,18-19,28H,4-10,12H2,1H3,(H,26,29)/t13?,14?,15?,16?,18?,19-,24?/m0/s1. The van der Waals surface area contributed by atoms with Crippen LogP contribution in [0.5, 0.6) is 0 Å². The van der Waals surface area contributed by atoms with Gasteiger partial charge in [-0.05, 0) is 74.6 Å². The van der Waals surface area contributed by atoms with E-state index in [1.165, 1.54) is 42.4 Å². The molecule has 8 nitrogen and oxygen atoms in total. The molecule has 0 aromatic carbocycles. The maximum Gasteiger partial charge on any atom is 0.329 e. The largest absolute Gasteiger partial charge is 0.451 e. The third-order valence-electron chi connectivity index (χ3n) is 7.99. The summed E-state index contributed by atoms with van der Waals surface area (Å²) in [5.41, 5.74) is -0.0640. The van der Waals surface area contributed by atoms with Crippen LogP contribution in [-0.4, -0.2) is 52.6 Å². The number of carbonyl (C=O) groups is 3. The SMILES string of the molecule is CC(OC(=O)[C@@H]1CC(O)CN1C(=O)C12CC3CC(CC(C3)C1)C2)C(=O)Nc1sccc1C#N. The van der Waals surface area contributed by atoms with E-state index in [1.54, 1.807) is 11.4 Å². The topological polar surface area (TPSA) is 120 Å². The van der Waals surface area contributed by atoms with Gasteiger partial charge < -0.3 is 20.1 Å². The number of hydrogen-bond donors (Lipinski definition) is 2. The molecule has 4 aliphatic carbocycles. The number of likely N-dealkylation sites (tertiary alicyclic amines) is 1. The van der Waals surface area contributed by atoms with Crippen LogP contribution in [0.15, 0.2) is 11.4 Å². The van der Waals surface area contributed by atoms with Crippen LogP contribution >= 0.6 is 11.3 Å². The Bertz CT molecular complexity index is 979. The van der Waals surface area contributed by atoms with Crippen molar-refractivity contribution in [2.75, 3.05) is 11.9 Å². The van der Waals surface area contributed by atoms with Crippen molar-refractivity contribution in [3.63, 3.8) is 0 Å². The molecule has 4 saturated carbocycles. The number of rotatable bonds is 5. The third-order valence-corrected chi connectivity index (χ3v) is 8.82. The first-order chi connectivity index (χ1) is 15.8. The zero-order valence-corrected chi connectivity index (χ0v) is 19.5. The summed E-state index contributed by atoms with van der Waals surface area (Å²) in [6.45, 7) is 1.59. The summed E-state index contributed by atoms with van der Waals surface area (Å²) in [4.78, 5) is 40.8. The number of hydrogen-bond acceptors (Lipinski definition) is 7. The number of β-amino-alcohol motifs (C(OH)–C–C–N with tert-alkyl or cyclic N) is 1. The molecule has 3 atom stereocenters. The molecule has 5 fully saturated rings. The zero-order valence-electron chi connectivity index (χ0n) is 18.7. The molecule has 2 unspecified atom stereocenters. The molecular formula is C24H29N3O5S. The number of amides is 2. The van der Waals surface area contributed by atoms with Gasteiger partial charge in [0.05, 0.1) is 17.1 Å². The number of thiophene rings is 1. The number of ether oxygens (including phenoxy) is 1. The van der Waals surface area contributed by atoms with E-state index < -0.39 is 35.5 Å². The van der Waals surface area contributed by atoms with Crippen LogP contribution < -0.4 is 5.32 Å². The summed E-state index contributed by atoms with van der Waals surface area (Å²) in [5, 5.41) is 24.1. The number of carbonyl (C=O) groups excluding carboxylic acids is 3. The van der Waals surface area contributed by atoms with Crippen molar-refractivity contribution in [2.24, 2.45) is 23.2 Å². The van der Waals surface area contributed by atoms with Crippen LogP contribution in [0.3, 0.4) is 0 Å². The Balaban J connectivity index is 1.26. The van der Waals surface area contributed by atoms with E-state index in [1.807, 2.05) is 6.07 Å². The minimum absolute atomic E-state index is 0.0190. The summed E-state index contributed by atoms with van der Waals surface area (Å²) in [5.74, 6) is 0.556. The highest BCUT2D eigenvalue weighted by atomic mass is 32.1. The van der Waals surface area contributed by atoms with Crippen molar-refractivity contribution in [3.8, 4) is 6.07 Å².